The predicted octanol–water partition coefficient (Wildman–Crippen LogP) is 2.41. The SMILES string of the molecule is [2H]C1CCCCC2CCCN2C1. The number of nitrogens with zero attached hydrogens (tertiary/aromatic N) is 1. The van der Waals surface area contributed by atoms with Gasteiger partial charge in [0.15, 0.2) is 0 Å². The van der Waals surface area contributed by atoms with Crippen LogP contribution in [0.4, 0.5) is 0 Å². The average Bonchev–Trinajstić information content (AvgIpc) is 2.42. The van der Waals surface area contributed by atoms with Gasteiger partial charge in [0.05, 0.1) is 0 Å². The Labute approximate surface area is 71.2 Å². The van der Waals surface area contributed by atoms with Gasteiger partial charge in [0.2, 0.25) is 0 Å². The van der Waals surface area contributed by atoms with Gasteiger partial charge in [-0.1, -0.05) is 19.3 Å². The summed E-state index contributed by atoms with van der Waals surface area (Å²) in [5.41, 5.74) is 0. The molecule has 2 saturated heterocycles. The van der Waals surface area contributed by atoms with Crippen molar-refractivity contribution in [2.45, 2.75) is 51.0 Å². The summed E-state index contributed by atoms with van der Waals surface area (Å²) < 4.78 is 7.82. The molecule has 0 amide bonds. The summed E-state index contributed by atoms with van der Waals surface area (Å²) in [5.74, 6) is 0. The normalized spacial score (nSPS) is 42.4. The molecule has 2 rings (SSSR count). The zero-order valence-corrected chi connectivity index (χ0v) is 7.26. The minimum Gasteiger partial charge on any atom is -0.300 e. The maximum atomic E-state index is 7.82. The Morgan fingerprint density at radius 2 is 1.91 bits per heavy atom. The van der Waals surface area contributed by atoms with E-state index in [1.807, 2.05) is 0 Å². The van der Waals surface area contributed by atoms with Gasteiger partial charge in [0.1, 0.15) is 0 Å². The molecule has 0 aromatic rings. The van der Waals surface area contributed by atoms with Crippen LogP contribution in [0.25, 0.3) is 0 Å². The average molecular weight is 154 g/mol. The van der Waals surface area contributed by atoms with Crippen LogP contribution in [0, 0.1) is 0 Å². The van der Waals surface area contributed by atoms with Crippen molar-refractivity contribution in [3.8, 4) is 0 Å². The van der Waals surface area contributed by atoms with Crippen LogP contribution < -0.4 is 0 Å². The molecular weight excluding hydrogens is 134 g/mol. The second kappa shape index (κ2) is 3.57. The number of fused-ring (bicyclic) bond motifs is 1. The lowest BCUT2D eigenvalue weighted by atomic mass is 10.0. The van der Waals surface area contributed by atoms with E-state index in [2.05, 4.69) is 4.90 Å². The fourth-order valence-electron chi connectivity index (χ4n) is 2.39. The van der Waals surface area contributed by atoms with Crippen molar-refractivity contribution in [3.63, 3.8) is 0 Å². The van der Waals surface area contributed by atoms with Crippen LogP contribution in [0.3, 0.4) is 0 Å². The molecule has 0 N–H and O–H groups in total. The van der Waals surface area contributed by atoms with Crippen LogP contribution in [0.15, 0.2) is 0 Å². The summed E-state index contributed by atoms with van der Waals surface area (Å²) in [6.45, 7) is 2.31. The third kappa shape index (κ3) is 1.76. The largest absolute Gasteiger partial charge is 0.300 e. The highest BCUT2D eigenvalue weighted by Gasteiger charge is 2.24. The van der Waals surface area contributed by atoms with Crippen molar-refractivity contribution in [2.75, 3.05) is 13.1 Å². The van der Waals surface area contributed by atoms with Crippen LogP contribution in [0.2, 0.25) is 0 Å². The molecule has 2 aliphatic rings. The van der Waals surface area contributed by atoms with Crippen LogP contribution in [-0.2, 0) is 0 Å². The first-order chi connectivity index (χ1) is 5.86. The van der Waals surface area contributed by atoms with Crippen LogP contribution in [-0.4, -0.2) is 24.0 Å². The van der Waals surface area contributed by atoms with Gasteiger partial charge in [0.25, 0.3) is 0 Å². The molecule has 64 valence electrons. The summed E-state index contributed by atoms with van der Waals surface area (Å²) >= 11 is 0. The van der Waals surface area contributed by atoms with Crippen molar-refractivity contribution in [3.05, 3.63) is 0 Å². The molecular formula is C10H19N. The van der Waals surface area contributed by atoms with Gasteiger partial charge in [-0.15, -0.1) is 0 Å². The van der Waals surface area contributed by atoms with E-state index in [9.17, 15) is 0 Å². The second-order valence-electron chi connectivity index (χ2n) is 3.86. The molecule has 0 aromatic heterocycles. The summed E-state index contributed by atoms with van der Waals surface area (Å²) in [5, 5.41) is 0. The van der Waals surface area contributed by atoms with Gasteiger partial charge in [-0.05, 0) is 38.7 Å². The first-order valence-corrected chi connectivity index (χ1v) is 5.02. The highest BCUT2D eigenvalue weighted by Crippen LogP contribution is 2.24. The molecule has 2 heterocycles. The van der Waals surface area contributed by atoms with E-state index in [1.54, 1.807) is 0 Å². The molecule has 0 aromatic carbocycles. The van der Waals surface area contributed by atoms with Crippen molar-refractivity contribution in [1.82, 2.24) is 4.90 Å². The molecule has 1 nitrogen and oxygen atoms in total. The predicted molar refractivity (Wildman–Crippen MR) is 47.7 cm³/mol. The molecule has 0 saturated carbocycles. The van der Waals surface area contributed by atoms with Gasteiger partial charge < -0.3 is 4.90 Å². The van der Waals surface area contributed by atoms with Crippen LogP contribution >= 0.6 is 0 Å². The zero-order chi connectivity index (χ0) is 8.39. The van der Waals surface area contributed by atoms with E-state index in [-0.39, 0.29) is 6.40 Å². The topological polar surface area (TPSA) is 3.24 Å². The minimum atomic E-state index is 0.200. The van der Waals surface area contributed by atoms with Crippen LogP contribution in [0.1, 0.15) is 46.3 Å². The summed E-state index contributed by atoms with van der Waals surface area (Å²) in [4.78, 5) is 2.55. The molecule has 2 aliphatic heterocycles. The Morgan fingerprint density at radius 3 is 2.91 bits per heavy atom. The number of hydrogen-bond acceptors (Lipinski definition) is 1. The van der Waals surface area contributed by atoms with Gasteiger partial charge in [0, 0.05) is 7.41 Å². The van der Waals surface area contributed by atoms with Crippen molar-refractivity contribution < 1.29 is 1.37 Å². The standard InChI is InChI=1S/C10H19N/c1-2-4-8-11-9-5-7-10(11)6-3-1/h10H,1-9H2/i4D. The fourth-order valence-corrected chi connectivity index (χ4v) is 2.39. The van der Waals surface area contributed by atoms with Gasteiger partial charge in [-0.3, -0.25) is 0 Å². The van der Waals surface area contributed by atoms with Gasteiger partial charge in [-0.2, -0.15) is 0 Å². The molecule has 0 spiro atoms. The Morgan fingerprint density at radius 1 is 1.00 bits per heavy atom. The third-order valence-electron chi connectivity index (χ3n) is 3.06. The fraction of sp³-hybridized carbons (Fsp3) is 1.00. The lowest BCUT2D eigenvalue weighted by Crippen LogP contribution is -2.31. The quantitative estimate of drug-likeness (QED) is 0.518. The van der Waals surface area contributed by atoms with Crippen molar-refractivity contribution in [2.24, 2.45) is 0 Å². The first-order valence-electron chi connectivity index (χ1n) is 5.60. The van der Waals surface area contributed by atoms with E-state index < -0.39 is 0 Å². The Balaban J connectivity index is 1.94. The highest BCUT2D eigenvalue weighted by molar-refractivity contribution is 4.80. The monoisotopic (exact) mass is 154 g/mol. The molecule has 2 fully saturated rings. The maximum absolute atomic E-state index is 7.82. The lowest BCUT2D eigenvalue weighted by Gasteiger charge is -2.26. The van der Waals surface area contributed by atoms with E-state index in [0.29, 0.717) is 0 Å². The smallest absolute Gasteiger partial charge is 0.0280 e. The lowest BCUT2D eigenvalue weighted by molar-refractivity contribution is 0.219. The molecule has 0 radical (unpaired) electrons. The van der Waals surface area contributed by atoms with E-state index in [4.69, 9.17) is 1.37 Å². The minimum absolute atomic E-state index is 0.200. The summed E-state index contributed by atoms with van der Waals surface area (Å²) in [6, 6.07) is 0.846. The van der Waals surface area contributed by atoms with Crippen molar-refractivity contribution in [1.29, 1.82) is 0 Å². The third-order valence-corrected chi connectivity index (χ3v) is 3.06. The van der Waals surface area contributed by atoms with Gasteiger partial charge in [-0.25, -0.2) is 0 Å². The first kappa shape index (κ1) is 6.47. The van der Waals surface area contributed by atoms with Gasteiger partial charge >= 0.3 is 0 Å². The number of hydrogen-bond donors (Lipinski definition) is 0. The maximum Gasteiger partial charge on any atom is 0.0280 e. The van der Waals surface area contributed by atoms with Crippen molar-refractivity contribution >= 4 is 0 Å². The highest BCUT2D eigenvalue weighted by atomic mass is 15.2. The zero-order valence-electron chi connectivity index (χ0n) is 8.26. The molecule has 0 aliphatic carbocycles. The van der Waals surface area contributed by atoms with E-state index in [0.717, 1.165) is 19.0 Å². The Bertz CT molecular complexity index is 149. The molecule has 2 atom stereocenters. The number of rotatable bonds is 0. The molecule has 11 heavy (non-hydrogen) atoms. The second-order valence-corrected chi connectivity index (χ2v) is 3.86. The summed E-state index contributed by atoms with van der Waals surface area (Å²) in [7, 11) is 0. The Hall–Kier alpha value is -0.0400. The molecule has 2 unspecified atom stereocenters. The summed E-state index contributed by atoms with van der Waals surface area (Å²) in [6.07, 6.45) is 8.14. The van der Waals surface area contributed by atoms with E-state index >= 15 is 0 Å². The molecule has 1 heteroatoms. The van der Waals surface area contributed by atoms with Crippen LogP contribution in [0.5, 0.6) is 0 Å². The van der Waals surface area contributed by atoms with E-state index in [1.165, 1.54) is 38.6 Å². The Kier molecular flexibility index (Phi) is 2.10. The molecule has 0 bridgehead atoms.